The van der Waals surface area contributed by atoms with E-state index in [2.05, 4.69) is 15.5 Å². The first-order valence-corrected chi connectivity index (χ1v) is 7.99. The maximum atomic E-state index is 12.4. The molecule has 0 fully saturated rings. The summed E-state index contributed by atoms with van der Waals surface area (Å²) in [6.07, 6.45) is 1.55. The van der Waals surface area contributed by atoms with Crippen LogP contribution in [0.4, 0.5) is 0 Å². The molecule has 128 valence electrons. The highest BCUT2D eigenvalue weighted by Gasteiger charge is 2.14. The van der Waals surface area contributed by atoms with Gasteiger partial charge in [0.15, 0.2) is 0 Å². The number of hydrogen-bond donors (Lipinski definition) is 1. The number of para-hydroxylation sites is 1. The largest absolute Gasteiger partial charge is 0.350 e. The van der Waals surface area contributed by atoms with Gasteiger partial charge in [0.2, 0.25) is 0 Å². The van der Waals surface area contributed by atoms with Crippen LogP contribution < -0.4 is 10.9 Å². The Balaban J connectivity index is 1.67. The number of rotatable bonds is 5. The monoisotopic (exact) mass is 337 g/mol. The van der Waals surface area contributed by atoms with Gasteiger partial charge in [0.25, 0.3) is 11.5 Å². The summed E-state index contributed by atoms with van der Waals surface area (Å²) >= 11 is 0. The lowest BCUT2D eigenvalue weighted by molar-refractivity contribution is 0.0951. The fourth-order valence-electron chi connectivity index (χ4n) is 2.54. The van der Waals surface area contributed by atoms with Crippen molar-refractivity contribution in [3.05, 3.63) is 76.0 Å². The van der Waals surface area contributed by atoms with E-state index in [1.54, 1.807) is 16.9 Å². The van der Waals surface area contributed by atoms with Gasteiger partial charge in [-0.2, -0.15) is 10.2 Å². The Morgan fingerprint density at radius 1 is 1.12 bits per heavy atom. The van der Waals surface area contributed by atoms with Crippen molar-refractivity contribution in [1.29, 1.82) is 0 Å². The lowest BCUT2D eigenvalue weighted by atomic mass is 10.2. The summed E-state index contributed by atoms with van der Waals surface area (Å²) in [5, 5.41) is 11.2. The summed E-state index contributed by atoms with van der Waals surface area (Å²) in [7, 11) is 0. The highest BCUT2D eigenvalue weighted by molar-refractivity contribution is 5.95. The van der Waals surface area contributed by atoms with Crippen molar-refractivity contribution < 1.29 is 4.79 Å². The minimum Gasteiger partial charge on any atom is -0.350 e. The normalized spacial score (nSPS) is 10.6. The average Bonchev–Trinajstić information content (AvgIpc) is 3.00. The second-order valence-electron chi connectivity index (χ2n) is 5.68. The van der Waals surface area contributed by atoms with Crippen molar-refractivity contribution in [3.63, 3.8) is 0 Å². The first kappa shape index (κ1) is 16.6. The molecule has 0 bridgehead atoms. The molecule has 25 heavy (non-hydrogen) atoms. The summed E-state index contributed by atoms with van der Waals surface area (Å²) in [4.78, 5) is 24.1. The zero-order chi connectivity index (χ0) is 17.8. The minimum absolute atomic E-state index is 0.187. The third kappa shape index (κ3) is 3.65. The Bertz CT molecular complexity index is 944. The molecule has 0 saturated carbocycles. The highest BCUT2D eigenvalue weighted by Crippen LogP contribution is 2.13. The number of nitrogens with zero attached hydrogens (tertiary/aromatic N) is 4. The molecule has 0 radical (unpaired) electrons. The van der Waals surface area contributed by atoms with Gasteiger partial charge in [-0.1, -0.05) is 18.2 Å². The molecule has 0 aliphatic carbocycles. The number of benzene rings is 1. The Hall–Kier alpha value is -3.22. The van der Waals surface area contributed by atoms with Gasteiger partial charge in [-0.05, 0) is 32.0 Å². The van der Waals surface area contributed by atoms with E-state index in [0.29, 0.717) is 18.7 Å². The maximum absolute atomic E-state index is 12.4. The van der Waals surface area contributed by atoms with Gasteiger partial charge in [-0.3, -0.25) is 9.59 Å². The molecule has 2 aromatic heterocycles. The number of aromatic nitrogens is 4. The topological polar surface area (TPSA) is 81.8 Å². The Morgan fingerprint density at radius 3 is 2.64 bits per heavy atom. The number of aryl methyl sites for hydroxylation is 1. The van der Waals surface area contributed by atoms with Crippen molar-refractivity contribution >= 4 is 5.91 Å². The lowest BCUT2D eigenvalue weighted by Crippen LogP contribution is -2.32. The molecule has 0 spiro atoms. The molecular weight excluding hydrogens is 318 g/mol. The van der Waals surface area contributed by atoms with Crippen LogP contribution in [-0.2, 0) is 6.54 Å². The molecule has 2 heterocycles. The molecule has 0 aliphatic rings. The van der Waals surface area contributed by atoms with Gasteiger partial charge in [-0.25, -0.2) is 9.36 Å². The number of carbonyl (C=O) groups is 1. The van der Waals surface area contributed by atoms with Crippen molar-refractivity contribution in [1.82, 2.24) is 24.9 Å². The first-order chi connectivity index (χ1) is 12.1. The zero-order valence-electron chi connectivity index (χ0n) is 14.1. The fraction of sp³-hybridized carbons (Fsp3) is 0.222. The van der Waals surface area contributed by atoms with Crippen LogP contribution in [0.1, 0.15) is 21.7 Å². The Kier molecular flexibility index (Phi) is 4.74. The lowest BCUT2D eigenvalue weighted by Gasteiger charge is -2.08. The molecule has 0 unspecified atom stereocenters. The van der Waals surface area contributed by atoms with Crippen molar-refractivity contribution in [2.45, 2.75) is 20.4 Å². The molecule has 3 rings (SSSR count). The minimum atomic E-state index is -0.222. The fourth-order valence-corrected chi connectivity index (χ4v) is 2.54. The van der Waals surface area contributed by atoms with E-state index in [1.807, 2.05) is 44.2 Å². The summed E-state index contributed by atoms with van der Waals surface area (Å²) in [5.41, 5.74) is 2.73. The van der Waals surface area contributed by atoms with E-state index < -0.39 is 0 Å². The van der Waals surface area contributed by atoms with Gasteiger partial charge in [0.1, 0.15) is 0 Å². The molecule has 7 heteroatoms. The molecule has 0 atom stereocenters. The van der Waals surface area contributed by atoms with E-state index in [1.165, 1.54) is 10.7 Å². The molecule has 1 aromatic carbocycles. The molecule has 1 amide bonds. The summed E-state index contributed by atoms with van der Waals surface area (Å²) in [6.45, 7) is 4.29. The first-order valence-electron chi connectivity index (χ1n) is 7.99. The van der Waals surface area contributed by atoms with Crippen molar-refractivity contribution in [2.75, 3.05) is 6.54 Å². The molecule has 3 aromatic rings. The highest BCUT2D eigenvalue weighted by atomic mass is 16.2. The van der Waals surface area contributed by atoms with Crippen LogP contribution in [0.5, 0.6) is 0 Å². The Labute approximate surface area is 144 Å². The smallest absolute Gasteiger partial charge is 0.266 e. The quantitative estimate of drug-likeness (QED) is 0.764. The second-order valence-corrected chi connectivity index (χ2v) is 5.68. The van der Waals surface area contributed by atoms with E-state index in [9.17, 15) is 9.59 Å². The van der Waals surface area contributed by atoms with Crippen molar-refractivity contribution in [3.8, 4) is 5.69 Å². The predicted molar refractivity (Wildman–Crippen MR) is 93.9 cm³/mol. The Morgan fingerprint density at radius 2 is 1.88 bits per heavy atom. The van der Waals surface area contributed by atoms with Gasteiger partial charge in [0.05, 0.1) is 35.4 Å². The maximum Gasteiger partial charge on any atom is 0.266 e. The van der Waals surface area contributed by atoms with Crippen LogP contribution in [0.3, 0.4) is 0 Å². The van der Waals surface area contributed by atoms with Crippen LogP contribution in [0.15, 0.2) is 53.5 Å². The van der Waals surface area contributed by atoms with E-state index in [0.717, 1.165) is 17.1 Å². The third-order valence-electron chi connectivity index (χ3n) is 3.86. The van der Waals surface area contributed by atoms with Crippen LogP contribution in [0, 0.1) is 13.8 Å². The molecule has 0 saturated heterocycles. The number of hydrogen-bond acceptors (Lipinski definition) is 4. The van der Waals surface area contributed by atoms with Crippen LogP contribution in [0.25, 0.3) is 5.69 Å². The SMILES string of the molecule is Cc1ccc(=O)n(CCNC(=O)c2cnn(-c3ccccc3)c2C)n1. The van der Waals surface area contributed by atoms with Gasteiger partial charge in [0, 0.05) is 12.6 Å². The summed E-state index contributed by atoms with van der Waals surface area (Å²) < 4.78 is 3.07. The van der Waals surface area contributed by atoms with Crippen LogP contribution in [-0.4, -0.2) is 32.0 Å². The standard InChI is InChI=1S/C18H19N5O2/c1-13-8-9-17(24)22(21-13)11-10-19-18(25)16-12-20-23(14(16)2)15-6-4-3-5-7-15/h3-9,12H,10-11H2,1-2H3,(H,19,25). The number of carbonyl (C=O) groups excluding carboxylic acids is 1. The second kappa shape index (κ2) is 7.12. The molecule has 0 aliphatic heterocycles. The average molecular weight is 337 g/mol. The van der Waals surface area contributed by atoms with E-state index in [4.69, 9.17) is 0 Å². The number of nitrogens with one attached hydrogen (secondary N) is 1. The third-order valence-corrected chi connectivity index (χ3v) is 3.86. The zero-order valence-corrected chi connectivity index (χ0v) is 14.1. The number of amides is 1. The van der Waals surface area contributed by atoms with E-state index in [-0.39, 0.29) is 11.5 Å². The van der Waals surface area contributed by atoms with Crippen molar-refractivity contribution in [2.24, 2.45) is 0 Å². The van der Waals surface area contributed by atoms with Gasteiger partial charge in [-0.15, -0.1) is 0 Å². The molecule has 1 N–H and O–H groups in total. The van der Waals surface area contributed by atoms with E-state index >= 15 is 0 Å². The van der Waals surface area contributed by atoms with Gasteiger partial charge >= 0.3 is 0 Å². The van der Waals surface area contributed by atoms with Gasteiger partial charge < -0.3 is 5.32 Å². The summed E-state index contributed by atoms with van der Waals surface area (Å²) in [5.74, 6) is -0.222. The predicted octanol–water partition coefficient (Wildman–Crippen LogP) is 1.48. The van der Waals surface area contributed by atoms with Crippen LogP contribution in [0.2, 0.25) is 0 Å². The summed E-state index contributed by atoms with van der Waals surface area (Å²) in [6, 6.07) is 12.8. The molecular formula is C18H19N5O2. The molecule has 7 nitrogen and oxygen atoms in total. The van der Waals surface area contributed by atoms with Crippen LogP contribution >= 0.6 is 0 Å².